The maximum Gasteiger partial charge on any atom is 0.311 e. The largest absolute Gasteiger partial charge is 0.508 e. The number of phenolic OH excluding ortho intramolecular Hbond substituents is 1. The lowest BCUT2D eigenvalue weighted by Gasteiger charge is -2.28. The Morgan fingerprint density at radius 1 is 1.44 bits per heavy atom. The molecule has 0 radical (unpaired) electrons. The van der Waals surface area contributed by atoms with Crippen LogP contribution in [0.1, 0.15) is 36.0 Å². The summed E-state index contributed by atoms with van der Waals surface area (Å²) in [6, 6.07) is 3.51. The number of aromatic hydroxyl groups is 1. The highest BCUT2D eigenvalue weighted by molar-refractivity contribution is 5.78. The van der Waals surface area contributed by atoms with E-state index in [9.17, 15) is 15.0 Å². The molecule has 3 heteroatoms. The summed E-state index contributed by atoms with van der Waals surface area (Å²) in [4.78, 5) is 11.2. The van der Waals surface area contributed by atoms with E-state index in [1.165, 1.54) is 0 Å². The number of hydrogen-bond acceptors (Lipinski definition) is 2. The van der Waals surface area contributed by atoms with E-state index < -0.39 is 11.9 Å². The Morgan fingerprint density at radius 2 is 2.12 bits per heavy atom. The molecular weight excluding hydrogens is 204 g/mol. The number of carbonyl (C=O) groups is 1. The van der Waals surface area contributed by atoms with Crippen molar-refractivity contribution in [3.8, 4) is 5.75 Å². The molecule has 0 fully saturated rings. The SMILES string of the molecule is Cc1c(O)ccc2c1C(C(=O)O)C[C@@H](C)C2. The van der Waals surface area contributed by atoms with Crippen LogP contribution in [0.2, 0.25) is 0 Å². The van der Waals surface area contributed by atoms with E-state index in [-0.39, 0.29) is 5.75 Å². The first-order chi connectivity index (χ1) is 7.50. The number of aliphatic carboxylic acids is 1. The molecule has 2 atom stereocenters. The molecular formula is C13H16O3. The third-order valence-corrected chi connectivity index (χ3v) is 3.43. The van der Waals surface area contributed by atoms with Crippen LogP contribution in [0.4, 0.5) is 0 Å². The van der Waals surface area contributed by atoms with Gasteiger partial charge in [-0.1, -0.05) is 13.0 Å². The molecule has 2 N–H and O–H groups in total. The Labute approximate surface area is 94.7 Å². The van der Waals surface area contributed by atoms with Gasteiger partial charge in [-0.3, -0.25) is 4.79 Å². The van der Waals surface area contributed by atoms with Crippen LogP contribution >= 0.6 is 0 Å². The standard InChI is InChI=1S/C13H16O3/c1-7-5-9-3-4-11(14)8(2)12(9)10(6-7)13(15)16/h3-4,7,10,14H,5-6H2,1-2H3,(H,15,16)/t7-,10?/m0/s1. The predicted octanol–water partition coefficient (Wildman–Crippen LogP) is 2.45. The summed E-state index contributed by atoms with van der Waals surface area (Å²) >= 11 is 0. The first kappa shape index (κ1) is 11.0. The number of benzene rings is 1. The number of hydrogen-bond donors (Lipinski definition) is 2. The van der Waals surface area contributed by atoms with Crippen LogP contribution in [0.5, 0.6) is 5.75 Å². The zero-order valence-electron chi connectivity index (χ0n) is 9.53. The molecule has 3 nitrogen and oxygen atoms in total. The average molecular weight is 220 g/mol. The van der Waals surface area contributed by atoms with Gasteiger partial charge >= 0.3 is 5.97 Å². The molecule has 0 aliphatic heterocycles. The van der Waals surface area contributed by atoms with Gasteiger partial charge in [-0.25, -0.2) is 0 Å². The second-order valence-electron chi connectivity index (χ2n) is 4.72. The van der Waals surface area contributed by atoms with Crippen LogP contribution in [0.25, 0.3) is 0 Å². The van der Waals surface area contributed by atoms with E-state index in [4.69, 9.17) is 0 Å². The molecule has 0 spiro atoms. The fourth-order valence-corrected chi connectivity index (χ4v) is 2.64. The fourth-order valence-electron chi connectivity index (χ4n) is 2.64. The number of phenols is 1. The second kappa shape index (κ2) is 3.81. The lowest BCUT2D eigenvalue weighted by atomic mass is 9.75. The van der Waals surface area contributed by atoms with E-state index in [0.29, 0.717) is 12.3 Å². The van der Waals surface area contributed by atoms with Crippen LogP contribution in [-0.4, -0.2) is 16.2 Å². The van der Waals surface area contributed by atoms with Gasteiger partial charge in [0.15, 0.2) is 0 Å². The molecule has 1 aliphatic rings. The van der Waals surface area contributed by atoms with E-state index in [1.54, 1.807) is 13.0 Å². The van der Waals surface area contributed by atoms with Crippen molar-refractivity contribution in [3.05, 3.63) is 28.8 Å². The molecule has 0 saturated carbocycles. The Balaban J connectivity index is 2.58. The molecule has 0 amide bonds. The number of rotatable bonds is 1. The first-order valence-electron chi connectivity index (χ1n) is 5.55. The van der Waals surface area contributed by atoms with Gasteiger partial charge in [-0.05, 0) is 48.4 Å². The molecule has 1 aliphatic carbocycles. The molecule has 1 aromatic carbocycles. The first-order valence-corrected chi connectivity index (χ1v) is 5.55. The van der Waals surface area contributed by atoms with E-state index in [1.807, 2.05) is 6.07 Å². The fraction of sp³-hybridized carbons (Fsp3) is 0.462. The highest BCUT2D eigenvalue weighted by Crippen LogP contribution is 2.39. The van der Waals surface area contributed by atoms with Crippen LogP contribution in [-0.2, 0) is 11.2 Å². The third-order valence-electron chi connectivity index (χ3n) is 3.43. The van der Waals surface area contributed by atoms with Crippen LogP contribution in [0.3, 0.4) is 0 Å². The molecule has 1 unspecified atom stereocenters. The van der Waals surface area contributed by atoms with Gasteiger partial charge in [0, 0.05) is 0 Å². The smallest absolute Gasteiger partial charge is 0.311 e. The zero-order chi connectivity index (χ0) is 11.9. The molecule has 86 valence electrons. The van der Waals surface area contributed by atoms with Crippen molar-refractivity contribution in [2.75, 3.05) is 0 Å². The topological polar surface area (TPSA) is 57.5 Å². The highest BCUT2D eigenvalue weighted by Gasteiger charge is 2.31. The molecule has 0 heterocycles. The molecule has 0 bridgehead atoms. The van der Waals surface area contributed by atoms with Gasteiger partial charge in [0.25, 0.3) is 0 Å². The van der Waals surface area contributed by atoms with Crippen molar-refractivity contribution in [2.45, 2.75) is 32.6 Å². The van der Waals surface area contributed by atoms with Crippen molar-refractivity contribution < 1.29 is 15.0 Å². The van der Waals surface area contributed by atoms with Gasteiger partial charge in [-0.2, -0.15) is 0 Å². The zero-order valence-corrected chi connectivity index (χ0v) is 9.53. The van der Waals surface area contributed by atoms with Gasteiger partial charge in [-0.15, -0.1) is 0 Å². The summed E-state index contributed by atoms with van der Waals surface area (Å²) in [5, 5.41) is 18.9. The molecule has 1 aromatic rings. The Hall–Kier alpha value is -1.51. The normalized spacial score (nSPS) is 23.9. The summed E-state index contributed by atoms with van der Waals surface area (Å²) in [6.07, 6.45) is 1.56. The summed E-state index contributed by atoms with van der Waals surface area (Å²) in [6.45, 7) is 3.86. The molecule has 16 heavy (non-hydrogen) atoms. The predicted molar refractivity (Wildman–Crippen MR) is 60.7 cm³/mol. The Kier molecular flexibility index (Phi) is 2.62. The van der Waals surface area contributed by atoms with Crippen molar-refractivity contribution >= 4 is 5.97 Å². The minimum Gasteiger partial charge on any atom is -0.508 e. The highest BCUT2D eigenvalue weighted by atomic mass is 16.4. The molecule has 0 aromatic heterocycles. The summed E-state index contributed by atoms with van der Waals surface area (Å²) in [7, 11) is 0. The minimum atomic E-state index is -0.790. The maximum absolute atomic E-state index is 11.2. The Bertz CT molecular complexity index is 437. The molecule has 0 saturated heterocycles. The monoisotopic (exact) mass is 220 g/mol. The lowest BCUT2D eigenvalue weighted by molar-refractivity contribution is -0.139. The summed E-state index contributed by atoms with van der Waals surface area (Å²) in [5.74, 6) is -0.676. The van der Waals surface area contributed by atoms with Crippen LogP contribution in [0, 0.1) is 12.8 Å². The summed E-state index contributed by atoms with van der Waals surface area (Å²) in [5.41, 5.74) is 2.61. The Morgan fingerprint density at radius 3 is 2.75 bits per heavy atom. The van der Waals surface area contributed by atoms with Gasteiger partial charge in [0.05, 0.1) is 5.92 Å². The molecule has 2 rings (SSSR count). The number of carboxylic acids is 1. The third kappa shape index (κ3) is 1.66. The average Bonchev–Trinajstić information content (AvgIpc) is 2.22. The van der Waals surface area contributed by atoms with Gasteiger partial charge in [0.2, 0.25) is 0 Å². The number of carboxylic acid groups (broad SMARTS) is 1. The van der Waals surface area contributed by atoms with Crippen LogP contribution in [0.15, 0.2) is 12.1 Å². The summed E-state index contributed by atoms with van der Waals surface area (Å²) < 4.78 is 0. The van der Waals surface area contributed by atoms with E-state index in [0.717, 1.165) is 23.1 Å². The quantitative estimate of drug-likeness (QED) is 0.764. The lowest BCUT2D eigenvalue weighted by Crippen LogP contribution is -2.23. The van der Waals surface area contributed by atoms with Crippen molar-refractivity contribution in [3.63, 3.8) is 0 Å². The van der Waals surface area contributed by atoms with Gasteiger partial charge in [0.1, 0.15) is 5.75 Å². The minimum absolute atomic E-state index is 0.194. The maximum atomic E-state index is 11.2. The van der Waals surface area contributed by atoms with E-state index in [2.05, 4.69) is 6.92 Å². The second-order valence-corrected chi connectivity index (χ2v) is 4.72. The van der Waals surface area contributed by atoms with Crippen LogP contribution < -0.4 is 0 Å². The van der Waals surface area contributed by atoms with Gasteiger partial charge < -0.3 is 10.2 Å². The number of fused-ring (bicyclic) bond motifs is 1. The van der Waals surface area contributed by atoms with Crippen molar-refractivity contribution in [1.82, 2.24) is 0 Å². The van der Waals surface area contributed by atoms with Crippen molar-refractivity contribution in [2.24, 2.45) is 5.92 Å². The van der Waals surface area contributed by atoms with E-state index >= 15 is 0 Å². The van der Waals surface area contributed by atoms with Crippen molar-refractivity contribution in [1.29, 1.82) is 0 Å².